The van der Waals surface area contributed by atoms with E-state index in [2.05, 4.69) is 11.4 Å². The van der Waals surface area contributed by atoms with Gasteiger partial charge in [-0.25, -0.2) is 0 Å². The van der Waals surface area contributed by atoms with Crippen molar-refractivity contribution in [1.82, 2.24) is 10.2 Å². The van der Waals surface area contributed by atoms with E-state index in [0.29, 0.717) is 6.54 Å². The Bertz CT molecular complexity index is 710. The van der Waals surface area contributed by atoms with Crippen molar-refractivity contribution in [2.45, 2.75) is 19.8 Å². The molecule has 1 N–H and O–H groups in total. The summed E-state index contributed by atoms with van der Waals surface area (Å²) in [6, 6.07) is 12.1. The number of nitrogens with one attached hydrogen (secondary N) is 1. The molecule has 4 nitrogen and oxygen atoms in total. The molecule has 0 radical (unpaired) electrons. The largest absolute Gasteiger partial charge is 0.497 e. The van der Waals surface area contributed by atoms with Gasteiger partial charge >= 0.3 is 0 Å². The van der Waals surface area contributed by atoms with Gasteiger partial charge in [-0.05, 0) is 42.3 Å². The third kappa shape index (κ3) is 3.83. The van der Waals surface area contributed by atoms with E-state index in [0.717, 1.165) is 22.1 Å². The Hall–Kier alpha value is -2.49. The maximum absolute atomic E-state index is 12.6. The monoisotopic (exact) mass is 312 g/mol. The Morgan fingerprint density at radius 2 is 1.96 bits per heavy atom. The lowest BCUT2D eigenvalue weighted by atomic mass is 9.96. The van der Waals surface area contributed by atoms with Gasteiger partial charge < -0.3 is 15.0 Å². The van der Waals surface area contributed by atoms with E-state index < -0.39 is 0 Å². The lowest BCUT2D eigenvalue weighted by Crippen LogP contribution is -2.30. The molecule has 4 heteroatoms. The third-order valence-electron chi connectivity index (χ3n) is 3.99. The summed E-state index contributed by atoms with van der Waals surface area (Å²) in [5.74, 6) is 0.735. The van der Waals surface area contributed by atoms with Gasteiger partial charge in [0.05, 0.1) is 13.0 Å². The Kier molecular flexibility index (Phi) is 5.63. The highest BCUT2D eigenvalue weighted by molar-refractivity contribution is 5.88. The summed E-state index contributed by atoms with van der Waals surface area (Å²) < 4.78 is 5.25. The molecular formula is C19H24N2O2. The van der Waals surface area contributed by atoms with Crippen molar-refractivity contribution in [3.05, 3.63) is 54.4 Å². The predicted molar refractivity (Wildman–Crippen MR) is 94.5 cm³/mol. The molecule has 0 aliphatic rings. The van der Waals surface area contributed by atoms with Gasteiger partial charge in [-0.2, -0.15) is 0 Å². The molecule has 1 amide bonds. The van der Waals surface area contributed by atoms with Crippen molar-refractivity contribution >= 4 is 16.7 Å². The van der Waals surface area contributed by atoms with Crippen molar-refractivity contribution in [2.24, 2.45) is 0 Å². The van der Waals surface area contributed by atoms with E-state index in [4.69, 9.17) is 4.74 Å². The Balaban J connectivity index is 2.27. The smallest absolute Gasteiger partial charge is 0.233 e. The minimum absolute atomic E-state index is 0.0897. The number of carbonyl (C=O) groups excluding carboxylic acids is 1. The van der Waals surface area contributed by atoms with Crippen LogP contribution >= 0.6 is 0 Å². The zero-order chi connectivity index (χ0) is 16.8. The van der Waals surface area contributed by atoms with Crippen LogP contribution in [0.5, 0.6) is 5.75 Å². The molecule has 0 heterocycles. The number of hydrogen-bond acceptors (Lipinski definition) is 3. The van der Waals surface area contributed by atoms with Crippen LogP contribution in [0, 0.1) is 0 Å². The molecule has 0 fully saturated rings. The van der Waals surface area contributed by atoms with Gasteiger partial charge in [0.25, 0.3) is 0 Å². The van der Waals surface area contributed by atoms with E-state index in [-0.39, 0.29) is 11.8 Å². The second-order valence-corrected chi connectivity index (χ2v) is 5.42. The second kappa shape index (κ2) is 7.68. The van der Waals surface area contributed by atoms with E-state index in [9.17, 15) is 4.79 Å². The fraction of sp³-hybridized carbons (Fsp3) is 0.316. The molecule has 23 heavy (non-hydrogen) atoms. The van der Waals surface area contributed by atoms with Crippen molar-refractivity contribution in [3.63, 3.8) is 0 Å². The zero-order valence-corrected chi connectivity index (χ0v) is 14.2. The molecule has 0 saturated carbocycles. The van der Waals surface area contributed by atoms with Crippen LogP contribution in [0.25, 0.3) is 10.8 Å². The minimum Gasteiger partial charge on any atom is -0.497 e. The molecule has 0 unspecified atom stereocenters. The molecular weight excluding hydrogens is 288 g/mol. The Morgan fingerprint density at radius 3 is 2.61 bits per heavy atom. The lowest BCUT2D eigenvalue weighted by Gasteiger charge is -2.21. The van der Waals surface area contributed by atoms with Gasteiger partial charge in [-0.1, -0.05) is 24.3 Å². The number of rotatable bonds is 6. The number of carbonyl (C=O) groups is 1. The highest BCUT2D eigenvalue weighted by Gasteiger charge is 2.19. The Morgan fingerprint density at radius 1 is 1.26 bits per heavy atom. The van der Waals surface area contributed by atoms with Crippen LogP contribution in [0.3, 0.4) is 0 Å². The maximum atomic E-state index is 12.6. The van der Waals surface area contributed by atoms with Crippen LogP contribution in [0.2, 0.25) is 0 Å². The van der Waals surface area contributed by atoms with Crippen LogP contribution in [-0.2, 0) is 4.79 Å². The molecule has 0 saturated heterocycles. The van der Waals surface area contributed by atoms with Gasteiger partial charge in [0, 0.05) is 26.0 Å². The van der Waals surface area contributed by atoms with Gasteiger partial charge in [-0.3, -0.25) is 4.79 Å². The summed E-state index contributed by atoms with van der Waals surface area (Å²) in [4.78, 5) is 14.4. The van der Waals surface area contributed by atoms with Gasteiger partial charge in [-0.15, -0.1) is 0 Å². The minimum atomic E-state index is -0.192. The molecule has 0 aliphatic carbocycles. The lowest BCUT2D eigenvalue weighted by molar-refractivity contribution is -0.129. The van der Waals surface area contributed by atoms with Crippen LogP contribution in [-0.4, -0.2) is 31.5 Å². The number of ether oxygens (including phenoxy) is 1. The summed E-state index contributed by atoms with van der Waals surface area (Å²) >= 11 is 0. The van der Waals surface area contributed by atoms with Crippen molar-refractivity contribution in [2.75, 3.05) is 20.7 Å². The maximum Gasteiger partial charge on any atom is 0.233 e. The number of nitrogens with zero attached hydrogens (tertiary/aromatic N) is 1. The molecule has 122 valence electrons. The topological polar surface area (TPSA) is 41.6 Å². The first-order valence-corrected chi connectivity index (χ1v) is 7.82. The summed E-state index contributed by atoms with van der Waals surface area (Å²) in [7, 11) is 3.48. The fourth-order valence-electron chi connectivity index (χ4n) is 2.53. The van der Waals surface area contributed by atoms with Crippen molar-refractivity contribution in [3.8, 4) is 5.75 Å². The van der Waals surface area contributed by atoms with E-state index in [1.54, 1.807) is 24.4 Å². The van der Waals surface area contributed by atoms with E-state index in [1.807, 2.05) is 51.2 Å². The predicted octanol–water partition coefficient (Wildman–Crippen LogP) is 3.49. The molecule has 0 aliphatic heterocycles. The standard InChI is InChI=1S/C19H24N2O2/c1-5-21(11-10-20-3)19(22)14(2)15-6-7-17-13-18(23-4)9-8-16(17)12-15/h6-14,20H,5H2,1-4H3/b11-10-/t14-/m0/s1. The SMILES string of the molecule is CCN(/C=C\NC)C(=O)[C@@H](C)c1ccc2cc(OC)ccc2c1. The number of likely N-dealkylation sites (N-methyl/N-ethyl adjacent to an activating group) is 1. The van der Waals surface area contributed by atoms with Crippen LogP contribution < -0.4 is 10.1 Å². The van der Waals surface area contributed by atoms with E-state index >= 15 is 0 Å². The highest BCUT2D eigenvalue weighted by Crippen LogP contribution is 2.26. The molecule has 0 aromatic heterocycles. The number of fused-ring (bicyclic) bond motifs is 1. The Labute approximate surface area is 137 Å². The van der Waals surface area contributed by atoms with E-state index in [1.165, 1.54) is 0 Å². The van der Waals surface area contributed by atoms with Crippen molar-refractivity contribution < 1.29 is 9.53 Å². The first-order chi connectivity index (χ1) is 11.1. The molecule has 1 atom stereocenters. The molecule has 2 rings (SSSR count). The zero-order valence-electron chi connectivity index (χ0n) is 14.2. The number of hydrogen-bond donors (Lipinski definition) is 1. The van der Waals surface area contributed by atoms with Gasteiger partial charge in [0.1, 0.15) is 5.75 Å². The van der Waals surface area contributed by atoms with Gasteiger partial charge in [0.15, 0.2) is 0 Å². The summed E-state index contributed by atoms with van der Waals surface area (Å²) in [5.41, 5.74) is 1.02. The number of benzene rings is 2. The van der Waals surface area contributed by atoms with Crippen molar-refractivity contribution in [1.29, 1.82) is 0 Å². The first-order valence-electron chi connectivity index (χ1n) is 7.82. The quantitative estimate of drug-likeness (QED) is 0.888. The molecule has 2 aromatic rings. The summed E-state index contributed by atoms with van der Waals surface area (Å²) in [6.07, 6.45) is 3.55. The van der Waals surface area contributed by atoms with Crippen LogP contribution in [0.1, 0.15) is 25.3 Å². The van der Waals surface area contributed by atoms with Crippen LogP contribution in [0.15, 0.2) is 48.8 Å². The fourth-order valence-corrected chi connectivity index (χ4v) is 2.53. The summed E-state index contributed by atoms with van der Waals surface area (Å²) in [5, 5.41) is 5.13. The normalized spacial score (nSPS) is 12.3. The molecule has 0 spiro atoms. The average molecular weight is 312 g/mol. The first kappa shape index (κ1) is 16.9. The molecule has 0 bridgehead atoms. The second-order valence-electron chi connectivity index (χ2n) is 5.42. The molecule has 2 aromatic carbocycles. The highest BCUT2D eigenvalue weighted by atomic mass is 16.5. The number of amides is 1. The van der Waals surface area contributed by atoms with Crippen LogP contribution in [0.4, 0.5) is 0 Å². The average Bonchev–Trinajstić information content (AvgIpc) is 2.60. The third-order valence-corrected chi connectivity index (χ3v) is 3.99. The number of methoxy groups -OCH3 is 1. The summed E-state index contributed by atoms with van der Waals surface area (Å²) in [6.45, 7) is 4.56. The van der Waals surface area contributed by atoms with Gasteiger partial charge in [0.2, 0.25) is 5.91 Å².